The topological polar surface area (TPSA) is 75.2 Å². The molecule has 1 saturated carbocycles. The fourth-order valence-electron chi connectivity index (χ4n) is 3.06. The van der Waals surface area contributed by atoms with Crippen LogP contribution in [-0.4, -0.2) is 68.5 Å². The summed E-state index contributed by atoms with van der Waals surface area (Å²) in [6.45, 7) is 5.57. The minimum Gasteiger partial charge on any atom is -0.354 e. The van der Waals surface area contributed by atoms with Crippen molar-refractivity contribution >= 4 is 11.9 Å². The van der Waals surface area contributed by atoms with E-state index in [1.54, 1.807) is 19.0 Å². The molecule has 0 radical (unpaired) electrons. The lowest BCUT2D eigenvalue weighted by Gasteiger charge is -2.31. The van der Waals surface area contributed by atoms with Crippen LogP contribution in [0.3, 0.4) is 0 Å². The van der Waals surface area contributed by atoms with Crippen molar-refractivity contribution in [2.24, 2.45) is 4.99 Å². The summed E-state index contributed by atoms with van der Waals surface area (Å²) in [7, 11) is 3.47. The molecule has 1 amide bonds. The van der Waals surface area contributed by atoms with Gasteiger partial charge in [0, 0.05) is 39.5 Å². The van der Waals surface area contributed by atoms with Crippen molar-refractivity contribution < 1.29 is 14.3 Å². The molecule has 7 nitrogen and oxygen atoms in total. The molecule has 25 heavy (non-hydrogen) atoms. The van der Waals surface area contributed by atoms with E-state index in [2.05, 4.69) is 29.5 Å². The average molecular weight is 354 g/mol. The van der Waals surface area contributed by atoms with Crippen LogP contribution in [0.15, 0.2) is 4.99 Å². The Morgan fingerprint density at radius 2 is 2.04 bits per heavy atom. The Balaban J connectivity index is 1.86. The minimum absolute atomic E-state index is 0.0200. The fraction of sp³-hybridized carbons (Fsp3) is 0.889. The van der Waals surface area contributed by atoms with Gasteiger partial charge >= 0.3 is 0 Å². The lowest BCUT2D eigenvalue weighted by Crippen LogP contribution is -2.46. The summed E-state index contributed by atoms with van der Waals surface area (Å²) in [6.07, 6.45) is 6.61. The second-order valence-electron chi connectivity index (χ2n) is 7.31. The van der Waals surface area contributed by atoms with E-state index in [1.807, 2.05) is 0 Å². The molecule has 0 aromatic heterocycles. The van der Waals surface area contributed by atoms with Crippen molar-refractivity contribution in [1.82, 2.24) is 15.5 Å². The van der Waals surface area contributed by atoms with Crippen LogP contribution in [0.1, 0.15) is 52.4 Å². The Bertz CT molecular complexity index is 461. The molecule has 1 heterocycles. The summed E-state index contributed by atoms with van der Waals surface area (Å²) < 4.78 is 12.2. The smallest absolute Gasteiger partial charge is 0.243 e. The maximum atomic E-state index is 11.8. The molecule has 1 aliphatic carbocycles. The third-order valence-corrected chi connectivity index (χ3v) is 4.89. The van der Waals surface area contributed by atoms with Gasteiger partial charge in [-0.15, -0.1) is 0 Å². The summed E-state index contributed by atoms with van der Waals surface area (Å²) in [5.41, 5.74) is 0. The van der Waals surface area contributed by atoms with E-state index < -0.39 is 0 Å². The molecule has 1 aliphatic heterocycles. The molecule has 144 valence electrons. The molecule has 0 aromatic carbocycles. The normalized spacial score (nSPS) is 24.2. The summed E-state index contributed by atoms with van der Waals surface area (Å²) in [5, 5.41) is 6.63. The van der Waals surface area contributed by atoms with Crippen LogP contribution in [-0.2, 0) is 14.3 Å². The van der Waals surface area contributed by atoms with Gasteiger partial charge in [0.25, 0.3) is 0 Å². The first kappa shape index (κ1) is 20.0. The Labute approximate surface area is 151 Å². The zero-order valence-corrected chi connectivity index (χ0v) is 16.1. The summed E-state index contributed by atoms with van der Waals surface area (Å²) in [4.78, 5) is 17.7. The molecule has 2 N–H and O–H groups in total. The van der Waals surface area contributed by atoms with Gasteiger partial charge in [-0.3, -0.25) is 4.79 Å². The highest BCUT2D eigenvalue weighted by molar-refractivity contribution is 5.84. The number of guanidine groups is 1. The van der Waals surface area contributed by atoms with Crippen LogP contribution in [0.25, 0.3) is 0 Å². The standard InChI is InChI=1S/C18H34N4O3/c1-5-14(2)21-17(20-12-16(23)22(3)4)19-11-15-13-24-18(25-15)9-7-6-8-10-18/h14-15H,5-13H2,1-4H3,(H2,19,20,21). The molecule has 1 saturated heterocycles. The number of aliphatic imine (C=N–C) groups is 1. The van der Waals surface area contributed by atoms with E-state index in [-0.39, 0.29) is 30.4 Å². The summed E-state index contributed by atoms with van der Waals surface area (Å²) >= 11 is 0. The van der Waals surface area contributed by atoms with Crippen molar-refractivity contribution in [1.29, 1.82) is 0 Å². The maximum absolute atomic E-state index is 11.8. The quantitative estimate of drug-likeness (QED) is 0.558. The molecule has 0 aromatic rings. The maximum Gasteiger partial charge on any atom is 0.243 e. The van der Waals surface area contributed by atoms with Gasteiger partial charge in [-0.1, -0.05) is 13.3 Å². The summed E-state index contributed by atoms with van der Waals surface area (Å²) in [5.74, 6) is 0.275. The molecule has 2 unspecified atom stereocenters. The lowest BCUT2D eigenvalue weighted by atomic mass is 9.94. The molecular weight excluding hydrogens is 320 g/mol. The third kappa shape index (κ3) is 6.15. The molecule has 2 atom stereocenters. The number of likely N-dealkylation sites (N-methyl/N-ethyl adjacent to an activating group) is 1. The number of nitrogens with one attached hydrogen (secondary N) is 2. The SMILES string of the molecule is CCC(C)NC(=NCC(=O)N(C)C)NCC1COC2(CCCCC2)O1. The lowest BCUT2D eigenvalue weighted by molar-refractivity contribution is -0.186. The van der Waals surface area contributed by atoms with Crippen LogP contribution in [0.5, 0.6) is 0 Å². The zero-order valence-electron chi connectivity index (χ0n) is 16.1. The number of hydrogen-bond acceptors (Lipinski definition) is 4. The van der Waals surface area contributed by atoms with Gasteiger partial charge in [0.05, 0.1) is 6.61 Å². The number of nitrogens with zero attached hydrogens (tertiary/aromatic N) is 2. The van der Waals surface area contributed by atoms with E-state index in [1.165, 1.54) is 19.3 Å². The van der Waals surface area contributed by atoms with Crippen LogP contribution < -0.4 is 10.6 Å². The van der Waals surface area contributed by atoms with Gasteiger partial charge in [-0.05, 0) is 26.2 Å². The van der Waals surface area contributed by atoms with Gasteiger partial charge < -0.3 is 25.0 Å². The molecule has 2 rings (SSSR count). The van der Waals surface area contributed by atoms with Crippen LogP contribution in [0.4, 0.5) is 0 Å². The molecule has 0 bridgehead atoms. The van der Waals surface area contributed by atoms with Crippen molar-refractivity contribution in [3.8, 4) is 0 Å². The average Bonchev–Trinajstić information content (AvgIpc) is 2.99. The van der Waals surface area contributed by atoms with Crippen molar-refractivity contribution in [2.75, 3.05) is 33.8 Å². The Hall–Kier alpha value is -1.34. The van der Waals surface area contributed by atoms with E-state index >= 15 is 0 Å². The number of rotatable bonds is 6. The zero-order chi connectivity index (χ0) is 18.3. The number of carbonyl (C=O) groups is 1. The Morgan fingerprint density at radius 1 is 1.32 bits per heavy atom. The highest BCUT2D eigenvalue weighted by Crippen LogP contribution is 2.37. The van der Waals surface area contributed by atoms with Crippen molar-refractivity contribution in [3.05, 3.63) is 0 Å². The van der Waals surface area contributed by atoms with E-state index in [9.17, 15) is 4.79 Å². The second-order valence-corrected chi connectivity index (χ2v) is 7.31. The monoisotopic (exact) mass is 354 g/mol. The fourth-order valence-corrected chi connectivity index (χ4v) is 3.06. The van der Waals surface area contributed by atoms with Crippen LogP contribution in [0, 0.1) is 0 Å². The largest absolute Gasteiger partial charge is 0.354 e. The highest BCUT2D eigenvalue weighted by Gasteiger charge is 2.42. The predicted octanol–water partition coefficient (Wildman–Crippen LogP) is 1.48. The number of amides is 1. The first-order chi connectivity index (χ1) is 11.9. The van der Waals surface area contributed by atoms with Gasteiger partial charge in [0.15, 0.2) is 11.7 Å². The number of hydrogen-bond donors (Lipinski definition) is 2. The first-order valence-electron chi connectivity index (χ1n) is 9.51. The molecule has 2 fully saturated rings. The number of ether oxygens (including phenoxy) is 2. The van der Waals surface area contributed by atoms with Gasteiger partial charge in [-0.25, -0.2) is 4.99 Å². The molecule has 1 spiro atoms. The highest BCUT2D eigenvalue weighted by atomic mass is 16.7. The van der Waals surface area contributed by atoms with Crippen LogP contribution >= 0.6 is 0 Å². The molecular formula is C18H34N4O3. The molecule has 2 aliphatic rings. The summed E-state index contributed by atoms with van der Waals surface area (Å²) in [6, 6.07) is 0.283. The Morgan fingerprint density at radius 3 is 2.68 bits per heavy atom. The number of carbonyl (C=O) groups excluding carboxylic acids is 1. The van der Waals surface area contributed by atoms with Gasteiger partial charge in [0.1, 0.15) is 12.6 Å². The predicted molar refractivity (Wildman–Crippen MR) is 98.5 cm³/mol. The van der Waals surface area contributed by atoms with E-state index in [0.717, 1.165) is 19.3 Å². The second kappa shape index (κ2) is 9.38. The minimum atomic E-state index is -0.354. The van der Waals surface area contributed by atoms with Gasteiger partial charge in [0.2, 0.25) is 5.91 Å². The third-order valence-electron chi connectivity index (χ3n) is 4.89. The molecule has 7 heteroatoms. The van der Waals surface area contributed by atoms with Crippen molar-refractivity contribution in [2.45, 2.75) is 70.3 Å². The first-order valence-corrected chi connectivity index (χ1v) is 9.51. The van der Waals surface area contributed by atoms with Crippen LogP contribution in [0.2, 0.25) is 0 Å². The van der Waals surface area contributed by atoms with E-state index in [0.29, 0.717) is 19.1 Å². The van der Waals surface area contributed by atoms with Crippen molar-refractivity contribution in [3.63, 3.8) is 0 Å². The Kier molecular flexibility index (Phi) is 7.50. The van der Waals surface area contributed by atoms with Gasteiger partial charge in [-0.2, -0.15) is 0 Å². The van der Waals surface area contributed by atoms with E-state index in [4.69, 9.17) is 9.47 Å².